The third kappa shape index (κ3) is 9.10. The van der Waals surface area contributed by atoms with Crippen molar-refractivity contribution in [2.24, 2.45) is 5.41 Å². The summed E-state index contributed by atoms with van der Waals surface area (Å²) in [6, 6.07) is 2.29. The number of anilines is 1. The SMILES string of the molecule is CCC[C@H](NC(=O)Cc1cc(F)cc(F)c1)C(=O)Nc1nc(C)c(C(C)NCCC(C)(C)C)s1. The van der Waals surface area contributed by atoms with E-state index in [2.05, 4.69) is 48.6 Å². The second-order valence-electron chi connectivity index (χ2n) is 9.81. The van der Waals surface area contributed by atoms with Gasteiger partial charge in [-0.2, -0.15) is 0 Å². The van der Waals surface area contributed by atoms with Crippen LogP contribution in [-0.4, -0.2) is 29.4 Å². The first-order valence-corrected chi connectivity index (χ1v) is 12.5. The van der Waals surface area contributed by atoms with Gasteiger partial charge in [-0.25, -0.2) is 13.8 Å². The van der Waals surface area contributed by atoms with E-state index in [4.69, 9.17) is 0 Å². The number of rotatable bonds is 11. The highest BCUT2D eigenvalue weighted by Crippen LogP contribution is 2.29. The van der Waals surface area contributed by atoms with Crippen molar-refractivity contribution in [3.8, 4) is 0 Å². The lowest BCUT2D eigenvalue weighted by Crippen LogP contribution is -2.44. The third-order valence-electron chi connectivity index (χ3n) is 5.30. The Morgan fingerprint density at radius 1 is 1.15 bits per heavy atom. The van der Waals surface area contributed by atoms with Crippen LogP contribution in [0.15, 0.2) is 18.2 Å². The molecule has 1 heterocycles. The van der Waals surface area contributed by atoms with Crippen LogP contribution in [0.1, 0.15) is 76.1 Å². The number of nitrogens with zero attached hydrogens (tertiary/aromatic N) is 1. The summed E-state index contributed by atoms with van der Waals surface area (Å²) in [4.78, 5) is 30.9. The molecule has 1 unspecified atom stereocenters. The van der Waals surface area contributed by atoms with Crippen LogP contribution in [0.5, 0.6) is 0 Å². The molecule has 0 radical (unpaired) electrons. The molecule has 0 spiro atoms. The van der Waals surface area contributed by atoms with Crippen molar-refractivity contribution in [2.75, 3.05) is 11.9 Å². The molecule has 188 valence electrons. The molecule has 0 aliphatic carbocycles. The molecular weight excluding hydrogens is 458 g/mol. The van der Waals surface area contributed by atoms with E-state index >= 15 is 0 Å². The summed E-state index contributed by atoms with van der Waals surface area (Å²) in [6.07, 6.45) is 1.92. The molecule has 0 fully saturated rings. The Bertz CT molecular complexity index is 968. The number of carbonyl (C=O) groups is 2. The first-order valence-electron chi connectivity index (χ1n) is 11.6. The Morgan fingerprint density at radius 3 is 2.38 bits per heavy atom. The van der Waals surface area contributed by atoms with Crippen LogP contribution in [0.25, 0.3) is 0 Å². The lowest BCUT2D eigenvalue weighted by atomic mass is 9.92. The Kier molecular flexibility index (Phi) is 10.1. The molecule has 3 N–H and O–H groups in total. The fourth-order valence-corrected chi connectivity index (χ4v) is 4.51. The summed E-state index contributed by atoms with van der Waals surface area (Å²) in [6.45, 7) is 13.4. The molecule has 6 nitrogen and oxygen atoms in total. The highest BCUT2D eigenvalue weighted by molar-refractivity contribution is 7.16. The minimum atomic E-state index is -0.772. The van der Waals surface area contributed by atoms with Crippen molar-refractivity contribution >= 4 is 28.3 Å². The van der Waals surface area contributed by atoms with Crippen molar-refractivity contribution in [3.05, 3.63) is 46.0 Å². The van der Waals surface area contributed by atoms with Crippen molar-refractivity contribution in [3.63, 3.8) is 0 Å². The standard InChI is InChI=1S/C25H36F2N4O2S/c1-7-8-20(30-21(32)13-17-11-18(26)14-19(27)12-17)23(33)31-24-29-16(3)22(34-24)15(2)28-10-9-25(4,5)6/h11-12,14-15,20,28H,7-10,13H2,1-6H3,(H,30,32)(H,29,31,33)/t15?,20-/m0/s1. The van der Waals surface area contributed by atoms with Crippen molar-refractivity contribution in [2.45, 2.75) is 79.3 Å². The molecule has 0 bridgehead atoms. The predicted octanol–water partition coefficient (Wildman–Crippen LogP) is 5.28. The van der Waals surface area contributed by atoms with Crippen molar-refractivity contribution < 1.29 is 18.4 Å². The van der Waals surface area contributed by atoms with Crippen LogP contribution in [0.4, 0.5) is 13.9 Å². The van der Waals surface area contributed by atoms with E-state index < -0.39 is 23.6 Å². The number of nitrogens with one attached hydrogen (secondary N) is 3. The Labute approximate surface area is 204 Å². The van der Waals surface area contributed by atoms with E-state index in [1.54, 1.807) is 0 Å². The zero-order valence-corrected chi connectivity index (χ0v) is 21.7. The summed E-state index contributed by atoms with van der Waals surface area (Å²) in [7, 11) is 0. The summed E-state index contributed by atoms with van der Waals surface area (Å²) < 4.78 is 26.8. The molecule has 2 aromatic rings. The van der Waals surface area contributed by atoms with E-state index in [-0.39, 0.29) is 29.3 Å². The average Bonchev–Trinajstić information content (AvgIpc) is 3.05. The number of hydrogen-bond donors (Lipinski definition) is 3. The van der Waals surface area contributed by atoms with Gasteiger partial charge in [0.15, 0.2) is 5.13 Å². The smallest absolute Gasteiger partial charge is 0.248 e. The summed E-state index contributed by atoms with van der Waals surface area (Å²) in [5.74, 6) is -2.34. The van der Waals surface area contributed by atoms with Gasteiger partial charge in [0.25, 0.3) is 0 Å². The lowest BCUT2D eigenvalue weighted by molar-refractivity contribution is -0.126. The minimum absolute atomic E-state index is 0.100. The molecular formula is C25H36F2N4O2S. The maximum absolute atomic E-state index is 13.4. The second-order valence-corrected chi connectivity index (χ2v) is 10.8. The first-order chi connectivity index (χ1) is 15.9. The van der Waals surface area contributed by atoms with Gasteiger partial charge in [0.2, 0.25) is 11.8 Å². The fourth-order valence-electron chi connectivity index (χ4n) is 3.51. The molecule has 9 heteroatoms. The lowest BCUT2D eigenvalue weighted by Gasteiger charge is -2.20. The Morgan fingerprint density at radius 2 is 1.79 bits per heavy atom. The summed E-state index contributed by atoms with van der Waals surface area (Å²) >= 11 is 1.41. The van der Waals surface area contributed by atoms with E-state index in [1.165, 1.54) is 11.3 Å². The predicted molar refractivity (Wildman–Crippen MR) is 133 cm³/mol. The number of aromatic nitrogens is 1. The first kappa shape index (κ1) is 27.9. The fraction of sp³-hybridized carbons (Fsp3) is 0.560. The molecule has 2 rings (SSSR count). The number of benzene rings is 1. The molecule has 1 aromatic carbocycles. The van der Waals surface area contributed by atoms with Crippen LogP contribution in [0.3, 0.4) is 0 Å². The van der Waals surface area contributed by atoms with E-state index in [0.29, 0.717) is 18.0 Å². The van der Waals surface area contributed by atoms with Crippen LogP contribution in [0.2, 0.25) is 0 Å². The van der Waals surface area contributed by atoms with Gasteiger partial charge in [-0.1, -0.05) is 45.5 Å². The topological polar surface area (TPSA) is 83.1 Å². The van der Waals surface area contributed by atoms with E-state index in [1.807, 2.05) is 13.8 Å². The van der Waals surface area contributed by atoms with Crippen LogP contribution < -0.4 is 16.0 Å². The summed E-state index contributed by atoms with van der Waals surface area (Å²) in [5, 5.41) is 9.48. The van der Waals surface area contributed by atoms with Gasteiger partial charge in [0.1, 0.15) is 17.7 Å². The van der Waals surface area contributed by atoms with Gasteiger partial charge in [-0.15, -0.1) is 0 Å². The number of amides is 2. The number of thiazole rings is 1. The van der Waals surface area contributed by atoms with E-state index in [0.717, 1.165) is 41.7 Å². The van der Waals surface area contributed by atoms with Crippen LogP contribution in [0, 0.1) is 24.0 Å². The molecule has 2 atom stereocenters. The number of hydrogen-bond acceptors (Lipinski definition) is 5. The molecule has 1 aromatic heterocycles. The molecule has 2 amide bonds. The molecule has 34 heavy (non-hydrogen) atoms. The molecule has 0 aliphatic heterocycles. The number of carbonyl (C=O) groups excluding carboxylic acids is 2. The van der Waals surface area contributed by atoms with Gasteiger partial charge >= 0.3 is 0 Å². The Balaban J connectivity index is 1.99. The largest absolute Gasteiger partial charge is 0.344 e. The average molecular weight is 495 g/mol. The van der Waals surface area contributed by atoms with Gasteiger partial charge < -0.3 is 16.0 Å². The quantitative estimate of drug-likeness (QED) is 0.397. The maximum atomic E-state index is 13.4. The van der Waals surface area contributed by atoms with Crippen LogP contribution in [-0.2, 0) is 16.0 Å². The van der Waals surface area contributed by atoms with Gasteiger partial charge in [0.05, 0.1) is 12.1 Å². The second kappa shape index (κ2) is 12.4. The van der Waals surface area contributed by atoms with Crippen molar-refractivity contribution in [1.82, 2.24) is 15.6 Å². The third-order valence-corrected chi connectivity index (χ3v) is 6.55. The van der Waals surface area contributed by atoms with E-state index in [9.17, 15) is 18.4 Å². The Hall–Kier alpha value is -2.39. The minimum Gasteiger partial charge on any atom is -0.344 e. The van der Waals surface area contributed by atoms with Crippen LogP contribution >= 0.6 is 11.3 Å². The number of aryl methyl sites for hydroxylation is 1. The van der Waals surface area contributed by atoms with Gasteiger partial charge in [-0.05, 0) is 56.3 Å². The maximum Gasteiger partial charge on any atom is 0.248 e. The van der Waals surface area contributed by atoms with Crippen molar-refractivity contribution in [1.29, 1.82) is 0 Å². The zero-order chi connectivity index (χ0) is 25.5. The normalized spacial score (nSPS) is 13.4. The molecule has 0 saturated carbocycles. The van der Waals surface area contributed by atoms with Gasteiger partial charge in [-0.3, -0.25) is 9.59 Å². The van der Waals surface area contributed by atoms with Gasteiger partial charge in [0, 0.05) is 17.0 Å². The summed E-state index contributed by atoms with van der Waals surface area (Å²) in [5.41, 5.74) is 1.30. The molecule has 0 saturated heterocycles. The highest BCUT2D eigenvalue weighted by Gasteiger charge is 2.23. The highest BCUT2D eigenvalue weighted by atomic mass is 32.1. The molecule has 0 aliphatic rings. The number of halogens is 2. The zero-order valence-electron chi connectivity index (χ0n) is 20.9. The monoisotopic (exact) mass is 494 g/mol.